The smallest absolute Gasteiger partial charge is 0.262 e. The van der Waals surface area contributed by atoms with Crippen molar-refractivity contribution in [2.75, 3.05) is 12.4 Å². The molecule has 0 aliphatic carbocycles. The van der Waals surface area contributed by atoms with Gasteiger partial charge in [-0.2, -0.15) is 0 Å². The largest absolute Gasteiger partial charge is 0.377 e. The van der Waals surface area contributed by atoms with Gasteiger partial charge in [0.25, 0.3) is 5.56 Å². The van der Waals surface area contributed by atoms with Gasteiger partial charge in [0.2, 0.25) is 0 Å². The molecule has 0 unspecified atom stereocenters. The summed E-state index contributed by atoms with van der Waals surface area (Å²) in [5.41, 5.74) is 0.804. The Morgan fingerprint density at radius 2 is 2.36 bits per heavy atom. The van der Waals surface area contributed by atoms with Crippen LogP contribution >= 0.6 is 27.7 Å². The van der Waals surface area contributed by atoms with Gasteiger partial charge in [-0.05, 0) is 37.5 Å². The van der Waals surface area contributed by atoms with Crippen LogP contribution in [0.3, 0.4) is 0 Å². The minimum Gasteiger partial charge on any atom is -0.377 e. The second-order valence-electron chi connectivity index (χ2n) is 5.46. The van der Waals surface area contributed by atoms with E-state index < -0.39 is 0 Å². The summed E-state index contributed by atoms with van der Waals surface area (Å²) < 4.78 is 8.37. The van der Waals surface area contributed by atoms with Gasteiger partial charge in [-0.3, -0.25) is 9.36 Å². The molecule has 1 aromatic heterocycles. The maximum atomic E-state index is 12.7. The Morgan fingerprint density at radius 1 is 1.50 bits per heavy atom. The van der Waals surface area contributed by atoms with Gasteiger partial charge in [-0.1, -0.05) is 34.6 Å². The molecule has 0 radical (unpaired) electrons. The molecule has 2 heterocycles. The summed E-state index contributed by atoms with van der Waals surface area (Å²) in [6.07, 6.45) is 3.43. The molecular formula is C16H19BrN2O2S. The summed E-state index contributed by atoms with van der Waals surface area (Å²) in [5, 5.41) is 1.47. The van der Waals surface area contributed by atoms with Gasteiger partial charge in [0.1, 0.15) is 0 Å². The molecule has 1 aliphatic rings. The number of hydrogen-bond acceptors (Lipinski definition) is 4. The number of aromatic nitrogens is 2. The zero-order valence-corrected chi connectivity index (χ0v) is 15.0. The van der Waals surface area contributed by atoms with Gasteiger partial charge in [-0.25, -0.2) is 4.98 Å². The van der Waals surface area contributed by atoms with E-state index in [1.165, 1.54) is 0 Å². The van der Waals surface area contributed by atoms with E-state index in [4.69, 9.17) is 9.72 Å². The number of benzene rings is 1. The van der Waals surface area contributed by atoms with E-state index in [1.54, 1.807) is 16.3 Å². The highest BCUT2D eigenvalue weighted by Crippen LogP contribution is 2.24. The predicted octanol–water partition coefficient (Wildman–Crippen LogP) is 3.84. The summed E-state index contributed by atoms with van der Waals surface area (Å²) in [6, 6.07) is 5.67. The van der Waals surface area contributed by atoms with Gasteiger partial charge in [-0.15, -0.1) is 0 Å². The zero-order valence-electron chi connectivity index (χ0n) is 12.5. The van der Waals surface area contributed by atoms with E-state index in [0.717, 1.165) is 46.8 Å². The number of fused-ring (bicyclic) bond motifs is 1. The van der Waals surface area contributed by atoms with Crippen molar-refractivity contribution < 1.29 is 4.74 Å². The lowest BCUT2D eigenvalue weighted by atomic mass is 10.2. The van der Waals surface area contributed by atoms with E-state index in [-0.39, 0.29) is 11.7 Å². The lowest BCUT2D eigenvalue weighted by molar-refractivity contribution is 0.129. The standard InChI is InChI=1S/C16H19BrN2O2S/c1-2-7-19-15(20)13-9-11(17)5-6-14(13)18-16(19)22-10-12-4-3-8-21-12/h5-6,9,12H,2-4,7-8,10H2,1H3/t12-/m0/s1. The van der Waals surface area contributed by atoms with E-state index in [0.29, 0.717) is 11.9 Å². The number of halogens is 1. The third-order valence-corrected chi connectivity index (χ3v) is 5.35. The molecule has 1 fully saturated rings. The highest BCUT2D eigenvalue weighted by Gasteiger charge is 2.18. The molecule has 1 atom stereocenters. The van der Waals surface area contributed by atoms with Gasteiger partial charge in [0.15, 0.2) is 5.16 Å². The fourth-order valence-electron chi connectivity index (χ4n) is 2.65. The topological polar surface area (TPSA) is 44.1 Å². The molecule has 2 aromatic rings. The van der Waals surface area contributed by atoms with Crippen molar-refractivity contribution in [3.63, 3.8) is 0 Å². The van der Waals surface area contributed by atoms with Crippen LogP contribution < -0.4 is 5.56 Å². The van der Waals surface area contributed by atoms with Crippen LogP contribution in [0.15, 0.2) is 32.6 Å². The number of rotatable bonds is 5. The summed E-state index contributed by atoms with van der Waals surface area (Å²) in [6.45, 7) is 3.63. The van der Waals surface area contributed by atoms with Gasteiger partial charge >= 0.3 is 0 Å². The molecule has 0 bridgehead atoms. The Kier molecular flexibility index (Phi) is 5.21. The molecule has 4 nitrogen and oxygen atoms in total. The first-order valence-corrected chi connectivity index (χ1v) is 9.41. The fourth-order valence-corrected chi connectivity index (χ4v) is 4.10. The third kappa shape index (κ3) is 3.39. The van der Waals surface area contributed by atoms with Crippen LogP contribution in [0.25, 0.3) is 10.9 Å². The first kappa shape index (κ1) is 16.0. The lowest BCUT2D eigenvalue weighted by Gasteiger charge is -2.14. The molecule has 0 saturated carbocycles. The molecule has 22 heavy (non-hydrogen) atoms. The van der Waals surface area contributed by atoms with Crippen molar-refractivity contribution in [1.29, 1.82) is 0 Å². The van der Waals surface area contributed by atoms with Gasteiger partial charge in [0, 0.05) is 23.4 Å². The molecule has 1 saturated heterocycles. The van der Waals surface area contributed by atoms with Crippen molar-refractivity contribution >= 4 is 38.6 Å². The Morgan fingerprint density at radius 3 is 3.09 bits per heavy atom. The van der Waals surface area contributed by atoms with E-state index in [1.807, 2.05) is 18.2 Å². The maximum absolute atomic E-state index is 12.7. The zero-order chi connectivity index (χ0) is 15.5. The molecule has 1 aliphatic heterocycles. The third-order valence-electron chi connectivity index (χ3n) is 3.75. The minimum absolute atomic E-state index is 0.0444. The monoisotopic (exact) mass is 382 g/mol. The molecule has 0 N–H and O–H groups in total. The highest BCUT2D eigenvalue weighted by molar-refractivity contribution is 9.10. The van der Waals surface area contributed by atoms with Crippen LogP contribution in [0.2, 0.25) is 0 Å². The molecule has 0 amide bonds. The lowest BCUT2D eigenvalue weighted by Crippen LogP contribution is -2.24. The predicted molar refractivity (Wildman–Crippen MR) is 93.7 cm³/mol. The fraction of sp³-hybridized carbons (Fsp3) is 0.500. The highest BCUT2D eigenvalue weighted by atomic mass is 79.9. The Hall–Kier alpha value is -0.850. The van der Waals surface area contributed by atoms with Crippen molar-refractivity contribution in [2.45, 2.75) is 44.0 Å². The number of thioether (sulfide) groups is 1. The summed E-state index contributed by atoms with van der Waals surface area (Å²) in [7, 11) is 0. The SMILES string of the molecule is CCCn1c(SC[C@@H]2CCCO2)nc2ccc(Br)cc2c1=O. The molecule has 1 aromatic carbocycles. The van der Waals surface area contributed by atoms with Crippen LogP contribution in [-0.4, -0.2) is 28.0 Å². The van der Waals surface area contributed by atoms with E-state index >= 15 is 0 Å². The minimum atomic E-state index is 0.0444. The number of hydrogen-bond donors (Lipinski definition) is 0. The van der Waals surface area contributed by atoms with Crippen LogP contribution in [0.5, 0.6) is 0 Å². The van der Waals surface area contributed by atoms with E-state index in [2.05, 4.69) is 22.9 Å². The normalized spacial score (nSPS) is 18.2. The van der Waals surface area contributed by atoms with Crippen molar-refractivity contribution in [3.05, 3.63) is 33.0 Å². The quantitative estimate of drug-likeness (QED) is 0.581. The van der Waals surface area contributed by atoms with Crippen molar-refractivity contribution in [3.8, 4) is 0 Å². The average Bonchev–Trinajstić information content (AvgIpc) is 3.02. The summed E-state index contributed by atoms with van der Waals surface area (Å²) >= 11 is 5.06. The van der Waals surface area contributed by atoms with E-state index in [9.17, 15) is 4.79 Å². The second-order valence-corrected chi connectivity index (χ2v) is 7.36. The van der Waals surface area contributed by atoms with Crippen LogP contribution in [0.1, 0.15) is 26.2 Å². The van der Waals surface area contributed by atoms with Crippen LogP contribution in [-0.2, 0) is 11.3 Å². The van der Waals surface area contributed by atoms with Crippen LogP contribution in [0.4, 0.5) is 0 Å². The molecular weight excluding hydrogens is 364 g/mol. The number of nitrogens with zero attached hydrogens (tertiary/aromatic N) is 2. The Labute approximate surface area is 142 Å². The van der Waals surface area contributed by atoms with Gasteiger partial charge < -0.3 is 4.74 Å². The first-order chi connectivity index (χ1) is 10.7. The molecule has 0 spiro atoms. The molecule has 3 rings (SSSR count). The number of ether oxygens (including phenoxy) is 1. The van der Waals surface area contributed by atoms with Crippen LogP contribution in [0, 0.1) is 0 Å². The first-order valence-electron chi connectivity index (χ1n) is 7.63. The Bertz CT molecular complexity index is 726. The summed E-state index contributed by atoms with van der Waals surface area (Å²) in [5.74, 6) is 0.859. The maximum Gasteiger partial charge on any atom is 0.262 e. The van der Waals surface area contributed by atoms with Crippen molar-refractivity contribution in [2.24, 2.45) is 0 Å². The molecule has 6 heteroatoms. The molecule has 118 valence electrons. The van der Waals surface area contributed by atoms with Crippen molar-refractivity contribution in [1.82, 2.24) is 9.55 Å². The Balaban J connectivity index is 1.97. The average molecular weight is 383 g/mol. The van der Waals surface area contributed by atoms with Gasteiger partial charge in [0.05, 0.1) is 17.0 Å². The summed E-state index contributed by atoms with van der Waals surface area (Å²) in [4.78, 5) is 17.5. The second kappa shape index (κ2) is 7.15.